The van der Waals surface area contributed by atoms with Gasteiger partial charge in [0, 0.05) is 42.7 Å². The van der Waals surface area contributed by atoms with Crippen LogP contribution in [0.2, 0.25) is 0 Å². The van der Waals surface area contributed by atoms with Gasteiger partial charge in [0.1, 0.15) is 5.82 Å². The summed E-state index contributed by atoms with van der Waals surface area (Å²) in [6.07, 6.45) is 6.11. The van der Waals surface area contributed by atoms with Crippen LogP contribution in [0.3, 0.4) is 0 Å². The van der Waals surface area contributed by atoms with E-state index in [-0.39, 0.29) is 17.6 Å². The minimum atomic E-state index is -3.45. The van der Waals surface area contributed by atoms with E-state index in [0.717, 1.165) is 52.7 Å². The zero-order chi connectivity index (χ0) is 23.4. The van der Waals surface area contributed by atoms with Crippen molar-refractivity contribution in [2.45, 2.75) is 30.1 Å². The molecule has 1 aliphatic rings. The number of aromatic amines is 1. The van der Waals surface area contributed by atoms with E-state index in [4.69, 9.17) is 0 Å². The van der Waals surface area contributed by atoms with Crippen LogP contribution in [0.5, 0.6) is 0 Å². The van der Waals surface area contributed by atoms with Crippen molar-refractivity contribution in [3.63, 3.8) is 0 Å². The Morgan fingerprint density at radius 1 is 1.06 bits per heavy atom. The summed E-state index contributed by atoms with van der Waals surface area (Å²) in [6, 6.07) is 13.4. The SMILES string of the molecule is CN(C)c1cccc2c(S(=O)(=O)C[C@H]3CC[C@@H](c4nnc5cnc6[nH]ccc6n45)C3)cccc12. The third-order valence-corrected chi connectivity index (χ3v) is 8.94. The summed E-state index contributed by atoms with van der Waals surface area (Å²) >= 11 is 0. The largest absolute Gasteiger partial charge is 0.377 e. The number of H-pyrrole nitrogens is 1. The van der Waals surface area contributed by atoms with E-state index in [1.165, 1.54) is 0 Å². The number of sulfone groups is 1. The molecule has 0 radical (unpaired) electrons. The summed E-state index contributed by atoms with van der Waals surface area (Å²) < 4.78 is 29.2. The molecular weight excluding hydrogens is 448 g/mol. The number of aromatic nitrogens is 5. The van der Waals surface area contributed by atoms with Crippen molar-refractivity contribution in [2.24, 2.45) is 5.92 Å². The molecule has 3 aromatic heterocycles. The molecule has 5 aromatic rings. The molecule has 3 heterocycles. The zero-order valence-electron chi connectivity index (χ0n) is 19.1. The van der Waals surface area contributed by atoms with Crippen LogP contribution in [-0.2, 0) is 9.84 Å². The molecular formula is C25H26N6O2S. The second-order valence-electron chi connectivity index (χ2n) is 9.40. The Morgan fingerprint density at radius 2 is 1.88 bits per heavy atom. The molecule has 6 rings (SSSR count). The second-order valence-corrected chi connectivity index (χ2v) is 11.4. The first-order chi connectivity index (χ1) is 16.4. The summed E-state index contributed by atoms with van der Waals surface area (Å²) in [6.45, 7) is 0. The molecule has 8 nitrogen and oxygen atoms in total. The number of nitrogens with one attached hydrogen (secondary N) is 1. The Morgan fingerprint density at radius 3 is 2.74 bits per heavy atom. The highest BCUT2D eigenvalue weighted by atomic mass is 32.2. The van der Waals surface area contributed by atoms with Crippen LogP contribution < -0.4 is 4.90 Å². The molecule has 2 aromatic carbocycles. The number of rotatable bonds is 5. The fraction of sp³-hybridized carbons (Fsp3) is 0.320. The third-order valence-electron chi connectivity index (χ3n) is 7.00. The standard InChI is InChI=1S/C25H26N6O2S/c1-30(2)20-7-3-6-19-18(20)5-4-8-22(19)34(32,33)15-16-9-10-17(13-16)25-29-28-23-14-27-24-21(31(23)25)11-12-26-24/h3-8,11-12,14,16-17,26H,9-10,13,15H2,1-2H3/t16-,17+/m0/s1. The summed E-state index contributed by atoms with van der Waals surface area (Å²) in [5.74, 6) is 1.29. The lowest BCUT2D eigenvalue weighted by Crippen LogP contribution is -2.15. The van der Waals surface area contributed by atoms with Gasteiger partial charge in [-0.1, -0.05) is 24.3 Å². The Bertz CT molecular complexity index is 1640. The fourth-order valence-corrected chi connectivity index (χ4v) is 7.35. The normalized spacial score (nSPS) is 18.9. The van der Waals surface area contributed by atoms with Crippen LogP contribution >= 0.6 is 0 Å². The Balaban J connectivity index is 1.29. The zero-order valence-corrected chi connectivity index (χ0v) is 20.0. The molecule has 174 valence electrons. The van der Waals surface area contributed by atoms with E-state index >= 15 is 0 Å². The van der Waals surface area contributed by atoms with E-state index < -0.39 is 9.84 Å². The van der Waals surface area contributed by atoms with Gasteiger partial charge in [-0.05, 0) is 43.4 Å². The van der Waals surface area contributed by atoms with Crippen molar-refractivity contribution >= 4 is 43.1 Å². The topological polar surface area (TPSA) is 96.2 Å². The first-order valence-electron chi connectivity index (χ1n) is 11.5. The third kappa shape index (κ3) is 3.34. The summed E-state index contributed by atoms with van der Waals surface area (Å²) in [5.41, 5.74) is 3.46. The highest BCUT2D eigenvalue weighted by Gasteiger charge is 2.33. The maximum atomic E-state index is 13.6. The number of fused-ring (bicyclic) bond motifs is 4. The average molecular weight is 475 g/mol. The highest BCUT2D eigenvalue weighted by molar-refractivity contribution is 7.91. The van der Waals surface area contributed by atoms with Crippen LogP contribution in [0.1, 0.15) is 31.0 Å². The molecule has 1 fully saturated rings. The lowest BCUT2D eigenvalue weighted by atomic mass is 10.1. The van der Waals surface area contributed by atoms with Gasteiger partial charge >= 0.3 is 0 Å². The van der Waals surface area contributed by atoms with Gasteiger partial charge in [-0.25, -0.2) is 13.4 Å². The van der Waals surface area contributed by atoms with Crippen molar-refractivity contribution in [3.05, 3.63) is 60.7 Å². The van der Waals surface area contributed by atoms with E-state index in [2.05, 4.69) is 20.2 Å². The van der Waals surface area contributed by atoms with E-state index in [1.54, 1.807) is 12.3 Å². The molecule has 0 saturated heterocycles. The Labute approximate surface area is 197 Å². The van der Waals surface area contributed by atoms with Crippen molar-refractivity contribution in [2.75, 3.05) is 24.7 Å². The van der Waals surface area contributed by atoms with Gasteiger partial charge in [0.05, 0.1) is 22.4 Å². The van der Waals surface area contributed by atoms with Crippen molar-refractivity contribution in [1.82, 2.24) is 24.6 Å². The van der Waals surface area contributed by atoms with Gasteiger partial charge < -0.3 is 9.88 Å². The molecule has 0 aliphatic heterocycles. The molecule has 34 heavy (non-hydrogen) atoms. The first-order valence-corrected chi connectivity index (χ1v) is 13.2. The average Bonchev–Trinajstić information content (AvgIpc) is 3.56. The van der Waals surface area contributed by atoms with Crippen LogP contribution in [0.15, 0.2) is 59.8 Å². The number of anilines is 1. The van der Waals surface area contributed by atoms with Gasteiger partial charge in [0.15, 0.2) is 21.1 Å². The number of benzene rings is 2. The smallest absolute Gasteiger partial charge is 0.179 e. The Hall–Kier alpha value is -3.46. The second kappa shape index (κ2) is 7.80. The summed E-state index contributed by atoms with van der Waals surface area (Å²) in [7, 11) is 0.495. The molecule has 1 aliphatic carbocycles. The highest BCUT2D eigenvalue weighted by Crippen LogP contribution is 2.40. The van der Waals surface area contributed by atoms with E-state index in [0.29, 0.717) is 10.5 Å². The van der Waals surface area contributed by atoms with Crippen LogP contribution in [0.25, 0.3) is 27.6 Å². The molecule has 0 spiro atoms. The fourth-order valence-electron chi connectivity index (χ4n) is 5.45. The van der Waals surface area contributed by atoms with E-state index in [1.807, 2.05) is 66.0 Å². The van der Waals surface area contributed by atoms with Crippen molar-refractivity contribution < 1.29 is 8.42 Å². The molecule has 1 N–H and O–H groups in total. The molecule has 0 bridgehead atoms. The van der Waals surface area contributed by atoms with Crippen LogP contribution in [-0.4, -0.2) is 52.8 Å². The molecule has 0 amide bonds. The number of hydrogen-bond donors (Lipinski definition) is 1. The summed E-state index contributed by atoms with van der Waals surface area (Å²) in [5, 5.41) is 10.5. The van der Waals surface area contributed by atoms with Gasteiger partial charge in [-0.2, -0.15) is 0 Å². The monoisotopic (exact) mass is 474 g/mol. The predicted molar refractivity (Wildman–Crippen MR) is 133 cm³/mol. The van der Waals surface area contributed by atoms with Gasteiger partial charge in [-0.15, -0.1) is 10.2 Å². The van der Waals surface area contributed by atoms with Gasteiger partial charge in [-0.3, -0.25) is 4.40 Å². The number of hydrogen-bond acceptors (Lipinski definition) is 6. The maximum absolute atomic E-state index is 13.6. The summed E-state index contributed by atoms with van der Waals surface area (Å²) in [4.78, 5) is 9.96. The molecule has 0 unspecified atom stereocenters. The van der Waals surface area contributed by atoms with Gasteiger partial charge in [0.2, 0.25) is 0 Å². The maximum Gasteiger partial charge on any atom is 0.179 e. The molecule has 2 atom stereocenters. The minimum Gasteiger partial charge on any atom is -0.377 e. The number of nitrogens with zero attached hydrogens (tertiary/aromatic N) is 5. The molecule has 1 saturated carbocycles. The minimum absolute atomic E-state index is 0.0817. The van der Waals surface area contributed by atoms with Crippen molar-refractivity contribution in [1.29, 1.82) is 0 Å². The van der Waals surface area contributed by atoms with Crippen molar-refractivity contribution in [3.8, 4) is 0 Å². The lowest BCUT2D eigenvalue weighted by Gasteiger charge is -2.18. The quantitative estimate of drug-likeness (QED) is 0.410. The Kier molecular flexibility index (Phi) is 4.84. The lowest BCUT2D eigenvalue weighted by molar-refractivity contribution is 0.550. The predicted octanol–water partition coefficient (Wildman–Crippen LogP) is 4.18. The van der Waals surface area contributed by atoms with Crippen LogP contribution in [0.4, 0.5) is 5.69 Å². The molecule has 9 heteroatoms. The first kappa shape index (κ1) is 21.1. The van der Waals surface area contributed by atoms with E-state index in [9.17, 15) is 8.42 Å². The van der Waals surface area contributed by atoms with Crippen LogP contribution in [0, 0.1) is 5.92 Å². The van der Waals surface area contributed by atoms with Gasteiger partial charge in [0.25, 0.3) is 0 Å².